The number of ether oxygens (including phenoxy) is 1. The van der Waals surface area contributed by atoms with Crippen molar-refractivity contribution in [1.82, 2.24) is 4.90 Å². The van der Waals surface area contributed by atoms with Gasteiger partial charge in [-0.3, -0.25) is 4.79 Å². The Morgan fingerprint density at radius 2 is 1.73 bits per heavy atom. The minimum atomic E-state index is -3.63. The van der Waals surface area contributed by atoms with Gasteiger partial charge in [-0.2, -0.15) is 8.42 Å². The summed E-state index contributed by atoms with van der Waals surface area (Å²) in [6.45, 7) is 1.87. The summed E-state index contributed by atoms with van der Waals surface area (Å²) in [5.74, 6) is 1.08. The lowest BCUT2D eigenvalue weighted by atomic mass is 10.2. The van der Waals surface area contributed by atoms with Gasteiger partial charge in [0.25, 0.3) is 5.91 Å². The molecule has 0 unspecified atom stereocenters. The minimum Gasteiger partial charge on any atom is -0.484 e. The standard InChI is InChI=1S/C22H23NO6S/c1-2-30(25,26)29-20-11-6-8-18(14-20)15-23(16-21-12-7-13-27-21)22(24)17-28-19-9-4-3-5-10-19/h3-14H,2,15-17H2,1H3. The van der Waals surface area contributed by atoms with Crippen molar-refractivity contribution in [2.24, 2.45) is 0 Å². The SMILES string of the molecule is CCS(=O)(=O)Oc1cccc(CN(Cc2ccco2)C(=O)COc2ccccc2)c1. The average Bonchev–Trinajstić information content (AvgIpc) is 3.25. The molecule has 7 nitrogen and oxygen atoms in total. The Hall–Kier alpha value is -3.26. The fraction of sp³-hybridized carbons (Fsp3) is 0.227. The van der Waals surface area contributed by atoms with Crippen LogP contribution in [0.4, 0.5) is 0 Å². The molecule has 158 valence electrons. The first-order valence-corrected chi connectivity index (χ1v) is 11.0. The van der Waals surface area contributed by atoms with Crippen molar-refractivity contribution in [2.75, 3.05) is 12.4 Å². The highest BCUT2D eigenvalue weighted by molar-refractivity contribution is 7.87. The number of furan rings is 1. The van der Waals surface area contributed by atoms with Crippen molar-refractivity contribution in [3.63, 3.8) is 0 Å². The second-order valence-electron chi connectivity index (χ2n) is 6.51. The number of hydrogen-bond acceptors (Lipinski definition) is 6. The van der Waals surface area contributed by atoms with E-state index in [-0.39, 0.29) is 37.1 Å². The van der Waals surface area contributed by atoms with Crippen molar-refractivity contribution in [2.45, 2.75) is 20.0 Å². The van der Waals surface area contributed by atoms with Crippen molar-refractivity contribution in [3.8, 4) is 11.5 Å². The summed E-state index contributed by atoms with van der Waals surface area (Å²) in [6, 6.07) is 19.3. The number of carbonyl (C=O) groups excluding carboxylic acids is 1. The van der Waals surface area contributed by atoms with E-state index < -0.39 is 10.1 Å². The molecule has 8 heteroatoms. The van der Waals surface area contributed by atoms with E-state index in [0.717, 1.165) is 5.56 Å². The third-order valence-corrected chi connectivity index (χ3v) is 5.39. The summed E-state index contributed by atoms with van der Waals surface area (Å²) < 4.78 is 39.5. The van der Waals surface area contributed by atoms with Gasteiger partial charge in [-0.15, -0.1) is 0 Å². The third-order valence-electron chi connectivity index (χ3n) is 4.23. The van der Waals surface area contributed by atoms with E-state index in [9.17, 15) is 13.2 Å². The molecule has 0 N–H and O–H groups in total. The van der Waals surface area contributed by atoms with Crippen molar-refractivity contribution in [1.29, 1.82) is 0 Å². The lowest BCUT2D eigenvalue weighted by Crippen LogP contribution is -2.34. The maximum Gasteiger partial charge on any atom is 0.308 e. The van der Waals surface area contributed by atoms with E-state index in [1.807, 2.05) is 18.2 Å². The fourth-order valence-corrected chi connectivity index (χ4v) is 3.21. The highest BCUT2D eigenvalue weighted by Crippen LogP contribution is 2.19. The van der Waals surface area contributed by atoms with Gasteiger partial charge in [0.05, 0.1) is 18.6 Å². The molecule has 2 aromatic carbocycles. The molecule has 0 aliphatic heterocycles. The molecule has 3 aromatic rings. The molecule has 0 bridgehead atoms. The van der Waals surface area contributed by atoms with Gasteiger partial charge < -0.3 is 18.2 Å². The van der Waals surface area contributed by atoms with Gasteiger partial charge >= 0.3 is 10.1 Å². The Kier molecular flexibility index (Phi) is 7.13. The predicted octanol–water partition coefficient (Wildman–Crippen LogP) is 3.62. The zero-order valence-corrected chi connectivity index (χ0v) is 17.4. The number of benzene rings is 2. The molecule has 1 heterocycles. The predicted molar refractivity (Wildman–Crippen MR) is 111 cm³/mol. The van der Waals surface area contributed by atoms with Crippen LogP contribution in [-0.4, -0.2) is 31.6 Å². The maximum absolute atomic E-state index is 12.8. The van der Waals surface area contributed by atoms with Gasteiger partial charge in [-0.05, 0) is 48.9 Å². The van der Waals surface area contributed by atoms with Crippen molar-refractivity contribution < 1.29 is 26.5 Å². The molecule has 0 radical (unpaired) electrons. The molecule has 1 aromatic heterocycles. The quantitative estimate of drug-likeness (QED) is 0.458. The zero-order valence-electron chi connectivity index (χ0n) is 16.6. The second-order valence-corrected chi connectivity index (χ2v) is 8.37. The number of rotatable bonds is 10. The van der Waals surface area contributed by atoms with Crippen LogP contribution in [0.2, 0.25) is 0 Å². The Morgan fingerprint density at radius 1 is 0.967 bits per heavy atom. The van der Waals surface area contributed by atoms with Crippen LogP contribution in [0.25, 0.3) is 0 Å². The van der Waals surface area contributed by atoms with Crippen LogP contribution in [-0.2, 0) is 28.0 Å². The lowest BCUT2D eigenvalue weighted by Gasteiger charge is -2.22. The molecule has 0 spiro atoms. The first kappa shape index (κ1) is 21.4. The van der Waals surface area contributed by atoms with Crippen LogP contribution in [0.15, 0.2) is 77.4 Å². The Morgan fingerprint density at radius 3 is 2.43 bits per heavy atom. The molecular weight excluding hydrogens is 406 g/mol. The van der Waals surface area contributed by atoms with Gasteiger partial charge in [0.2, 0.25) is 0 Å². The summed E-state index contributed by atoms with van der Waals surface area (Å²) in [7, 11) is -3.63. The lowest BCUT2D eigenvalue weighted by molar-refractivity contribution is -0.134. The van der Waals surface area contributed by atoms with Gasteiger partial charge in [0.15, 0.2) is 6.61 Å². The second kappa shape index (κ2) is 9.98. The van der Waals surface area contributed by atoms with E-state index in [1.165, 1.54) is 6.92 Å². The maximum atomic E-state index is 12.8. The van der Waals surface area contributed by atoms with Crippen molar-refractivity contribution >= 4 is 16.0 Å². The fourth-order valence-electron chi connectivity index (χ4n) is 2.70. The van der Waals surface area contributed by atoms with E-state index in [4.69, 9.17) is 13.3 Å². The summed E-state index contributed by atoms with van der Waals surface area (Å²) in [6.07, 6.45) is 1.54. The third kappa shape index (κ3) is 6.38. The molecule has 0 atom stereocenters. The Balaban J connectivity index is 1.73. The highest BCUT2D eigenvalue weighted by atomic mass is 32.2. The average molecular weight is 429 g/mol. The number of carbonyl (C=O) groups is 1. The van der Waals surface area contributed by atoms with Gasteiger partial charge in [-0.25, -0.2) is 0 Å². The minimum absolute atomic E-state index is 0.128. The molecule has 3 rings (SSSR count). The van der Waals surface area contributed by atoms with Crippen molar-refractivity contribution in [3.05, 3.63) is 84.3 Å². The van der Waals surface area contributed by atoms with Crippen LogP contribution in [0.3, 0.4) is 0 Å². The van der Waals surface area contributed by atoms with Crippen LogP contribution in [0.1, 0.15) is 18.2 Å². The summed E-state index contributed by atoms with van der Waals surface area (Å²) >= 11 is 0. The topological polar surface area (TPSA) is 86.1 Å². The van der Waals surface area contributed by atoms with Crippen LogP contribution in [0.5, 0.6) is 11.5 Å². The van der Waals surface area contributed by atoms with Gasteiger partial charge in [-0.1, -0.05) is 30.3 Å². The van der Waals surface area contributed by atoms with E-state index in [2.05, 4.69) is 0 Å². The normalized spacial score (nSPS) is 11.1. The molecule has 0 aliphatic rings. The van der Waals surface area contributed by atoms with E-state index in [0.29, 0.717) is 11.5 Å². The summed E-state index contributed by atoms with van der Waals surface area (Å²) in [5.41, 5.74) is 0.721. The number of para-hydroxylation sites is 1. The molecule has 0 aliphatic carbocycles. The summed E-state index contributed by atoms with van der Waals surface area (Å²) in [5, 5.41) is 0. The van der Waals surface area contributed by atoms with Crippen LogP contribution >= 0.6 is 0 Å². The molecule has 30 heavy (non-hydrogen) atoms. The zero-order chi connectivity index (χ0) is 21.4. The first-order chi connectivity index (χ1) is 14.4. The van der Waals surface area contributed by atoms with Crippen LogP contribution < -0.4 is 8.92 Å². The first-order valence-electron chi connectivity index (χ1n) is 9.44. The van der Waals surface area contributed by atoms with Crippen LogP contribution in [0, 0.1) is 0 Å². The number of nitrogens with zero attached hydrogens (tertiary/aromatic N) is 1. The van der Waals surface area contributed by atoms with E-state index >= 15 is 0 Å². The largest absolute Gasteiger partial charge is 0.484 e. The molecule has 0 saturated carbocycles. The molecular formula is C22H23NO6S. The highest BCUT2D eigenvalue weighted by Gasteiger charge is 2.18. The smallest absolute Gasteiger partial charge is 0.308 e. The Bertz CT molecular complexity index is 1050. The van der Waals surface area contributed by atoms with Gasteiger partial charge in [0, 0.05) is 6.54 Å². The van der Waals surface area contributed by atoms with E-state index in [1.54, 1.807) is 59.7 Å². The molecule has 0 fully saturated rings. The molecule has 1 amide bonds. The molecule has 0 saturated heterocycles. The summed E-state index contributed by atoms with van der Waals surface area (Å²) in [4.78, 5) is 14.4. The monoisotopic (exact) mass is 429 g/mol. The van der Waals surface area contributed by atoms with Gasteiger partial charge in [0.1, 0.15) is 17.3 Å². The Labute approximate surface area is 176 Å². The number of hydrogen-bond donors (Lipinski definition) is 0. The number of amides is 1.